The summed E-state index contributed by atoms with van der Waals surface area (Å²) in [4.78, 5) is 24.0. The number of allylic oxidation sites excluding steroid dienone is 3. The van der Waals surface area contributed by atoms with Crippen LogP contribution >= 0.6 is 0 Å². The third-order valence-electron chi connectivity index (χ3n) is 6.79. The molecule has 0 fully saturated rings. The minimum atomic E-state index is -0.941. The third kappa shape index (κ3) is 11.5. The maximum absolute atomic E-state index is 14.2. The molecule has 0 radical (unpaired) electrons. The number of nitrogens with one attached hydrogen (secondary N) is 2. The van der Waals surface area contributed by atoms with Crippen molar-refractivity contribution >= 4 is 23.1 Å². The maximum atomic E-state index is 14.2. The Hall–Kier alpha value is -5.49. The summed E-state index contributed by atoms with van der Waals surface area (Å²) < 4.78 is 45.6. The molecule has 2 N–H and O–H groups in total. The summed E-state index contributed by atoms with van der Waals surface area (Å²) in [6.45, 7) is 13.2. The fourth-order valence-electron chi connectivity index (χ4n) is 4.64. The summed E-state index contributed by atoms with van der Waals surface area (Å²) in [5.74, 6) is -1.66. The van der Waals surface area contributed by atoms with Crippen molar-refractivity contribution in [2.24, 2.45) is 0 Å². The number of ether oxygens (including phenoxy) is 1. The lowest BCUT2D eigenvalue weighted by molar-refractivity contribution is 0.101. The van der Waals surface area contributed by atoms with Crippen LogP contribution in [0.25, 0.3) is 28.0 Å². The Balaban J connectivity index is 0.00000143. The van der Waals surface area contributed by atoms with E-state index in [0.717, 1.165) is 41.2 Å². The molecule has 5 aromatic rings. The lowest BCUT2D eigenvalue weighted by Gasteiger charge is -2.12. The molecule has 9 nitrogen and oxygen atoms in total. The molecule has 0 aliphatic carbocycles. The molecular formula is C39H48F3N7O2. The monoisotopic (exact) mass is 703 g/mol. The molecule has 0 aliphatic rings. The van der Waals surface area contributed by atoms with Gasteiger partial charge in [0.25, 0.3) is 5.91 Å². The number of halogens is 3. The summed E-state index contributed by atoms with van der Waals surface area (Å²) in [6, 6.07) is 17.7. The van der Waals surface area contributed by atoms with Crippen LogP contribution in [-0.2, 0) is 4.74 Å². The van der Waals surface area contributed by atoms with Crippen LogP contribution in [0.2, 0.25) is 0 Å². The number of hydrogen-bond donors (Lipinski definition) is 2. The van der Waals surface area contributed by atoms with E-state index in [2.05, 4.69) is 20.5 Å². The van der Waals surface area contributed by atoms with Gasteiger partial charge in [-0.15, -0.1) is 0 Å². The number of carbonyl (C=O) groups is 1. The summed E-state index contributed by atoms with van der Waals surface area (Å²) in [5, 5.41) is 10.7. The highest BCUT2D eigenvalue weighted by Gasteiger charge is 2.20. The summed E-state index contributed by atoms with van der Waals surface area (Å²) >= 11 is 0. The molecule has 2 aromatic carbocycles. The van der Waals surface area contributed by atoms with E-state index in [1.54, 1.807) is 35.0 Å². The van der Waals surface area contributed by atoms with Crippen LogP contribution in [-0.4, -0.2) is 64.8 Å². The van der Waals surface area contributed by atoms with E-state index >= 15 is 0 Å². The molecule has 3 heterocycles. The van der Waals surface area contributed by atoms with Crippen LogP contribution in [0.1, 0.15) is 51.9 Å². The lowest BCUT2D eigenvalue weighted by atomic mass is 10.0. The first-order valence-corrected chi connectivity index (χ1v) is 16.7. The quantitative estimate of drug-likeness (QED) is 0.105. The second kappa shape index (κ2) is 21.6. The van der Waals surface area contributed by atoms with Crippen LogP contribution in [0.4, 0.5) is 24.8 Å². The Morgan fingerprint density at radius 3 is 2.29 bits per heavy atom. The summed E-state index contributed by atoms with van der Waals surface area (Å²) in [5.41, 5.74) is 3.91. The highest BCUT2D eigenvalue weighted by Crippen LogP contribution is 2.35. The molecule has 12 heteroatoms. The minimum Gasteiger partial charge on any atom is -0.493 e. The number of fused-ring (bicyclic) bond motifs is 1. The van der Waals surface area contributed by atoms with Gasteiger partial charge in [0.15, 0.2) is 0 Å². The van der Waals surface area contributed by atoms with E-state index in [0.29, 0.717) is 42.4 Å². The highest BCUT2D eigenvalue weighted by atomic mass is 19.1. The minimum absolute atomic E-state index is 0.349. The number of rotatable bonds is 11. The Morgan fingerprint density at radius 2 is 1.63 bits per heavy atom. The zero-order valence-electron chi connectivity index (χ0n) is 30.8. The first-order chi connectivity index (χ1) is 24.7. The van der Waals surface area contributed by atoms with Crippen molar-refractivity contribution in [3.05, 3.63) is 120 Å². The van der Waals surface area contributed by atoms with E-state index in [9.17, 15) is 18.0 Å². The average molecular weight is 704 g/mol. The van der Waals surface area contributed by atoms with Crippen molar-refractivity contribution in [3.8, 4) is 22.5 Å². The first-order valence-electron chi connectivity index (χ1n) is 16.7. The predicted octanol–water partition coefficient (Wildman–Crippen LogP) is 9.42. The molecule has 0 saturated heterocycles. The third-order valence-corrected chi connectivity index (χ3v) is 6.79. The van der Waals surface area contributed by atoms with Gasteiger partial charge >= 0.3 is 0 Å². The lowest BCUT2D eigenvalue weighted by Crippen LogP contribution is -2.17. The van der Waals surface area contributed by atoms with Gasteiger partial charge in [0.1, 0.15) is 35.3 Å². The molecule has 272 valence electrons. The van der Waals surface area contributed by atoms with Gasteiger partial charge in [-0.1, -0.05) is 52.0 Å². The van der Waals surface area contributed by atoms with Gasteiger partial charge in [-0.05, 0) is 82.6 Å². The van der Waals surface area contributed by atoms with E-state index in [1.165, 1.54) is 6.07 Å². The number of anilines is 2. The number of pyridine rings is 1. The molecule has 0 bridgehead atoms. The average Bonchev–Trinajstić information content (AvgIpc) is 3.54. The number of amides is 1. The zero-order valence-corrected chi connectivity index (χ0v) is 30.8. The normalized spacial score (nSPS) is 11.0. The van der Waals surface area contributed by atoms with Gasteiger partial charge in [-0.3, -0.25) is 9.18 Å². The number of carbonyl (C=O) groups excluding carboxylic acids is 1. The summed E-state index contributed by atoms with van der Waals surface area (Å²) in [7, 11) is 4.48. The number of hydrogen-bond acceptors (Lipinski definition) is 7. The van der Waals surface area contributed by atoms with Gasteiger partial charge in [-0.2, -0.15) is 5.10 Å². The second-order valence-electron chi connectivity index (χ2n) is 10.4. The van der Waals surface area contributed by atoms with Gasteiger partial charge in [0, 0.05) is 35.9 Å². The smallest absolute Gasteiger partial charge is 0.261 e. The SMILES string of the molecule is C/C=C(\C=C(/C)Nc1nccc(-c2c(-c3cccc(NC(=O)c4c(F)cccc4F)c3)nn3ccccc23)n1)OCCN(C)C.CC.CC.CF. The largest absolute Gasteiger partial charge is 0.493 e. The number of benzene rings is 2. The summed E-state index contributed by atoms with van der Waals surface area (Å²) in [6.07, 6.45) is 7.28. The van der Waals surface area contributed by atoms with Gasteiger partial charge in [-0.25, -0.2) is 23.3 Å². The molecule has 0 atom stereocenters. The van der Waals surface area contributed by atoms with E-state index in [1.807, 2.05) is 98.3 Å². The van der Waals surface area contributed by atoms with Crippen molar-refractivity contribution in [2.45, 2.75) is 41.5 Å². The fraction of sp³-hybridized carbons (Fsp3) is 0.282. The van der Waals surface area contributed by atoms with Gasteiger partial charge < -0.3 is 20.3 Å². The van der Waals surface area contributed by atoms with E-state index in [4.69, 9.17) is 14.8 Å². The molecular weight excluding hydrogens is 655 g/mol. The van der Waals surface area contributed by atoms with Crippen LogP contribution in [0.3, 0.4) is 0 Å². The molecule has 0 unspecified atom stereocenters. The molecule has 3 aromatic heterocycles. The van der Waals surface area contributed by atoms with Crippen molar-refractivity contribution < 1.29 is 22.7 Å². The van der Waals surface area contributed by atoms with Crippen LogP contribution < -0.4 is 10.6 Å². The molecule has 0 spiro atoms. The molecule has 0 saturated carbocycles. The van der Waals surface area contributed by atoms with Crippen LogP contribution in [0.5, 0.6) is 0 Å². The van der Waals surface area contributed by atoms with Crippen molar-refractivity contribution in [3.63, 3.8) is 0 Å². The second-order valence-corrected chi connectivity index (χ2v) is 10.4. The zero-order chi connectivity index (χ0) is 37.9. The first kappa shape index (κ1) is 41.7. The topological polar surface area (TPSA) is 96.7 Å². The highest BCUT2D eigenvalue weighted by molar-refractivity contribution is 6.05. The number of alkyl halides is 1. The molecule has 0 aliphatic heterocycles. The van der Waals surface area contributed by atoms with Gasteiger partial charge in [0.05, 0.1) is 24.0 Å². The van der Waals surface area contributed by atoms with E-state index < -0.39 is 23.1 Å². The van der Waals surface area contributed by atoms with Crippen molar-refractivity contribution in [1.29, 1.82) is 0 Å². The van der Waals surface area contributed by atoms with Crippen LogP contribution in [0, 0.1) is 11.6 Å². The Morgan fingerprint density at radius 1 is 0.941 bits per heavy atom. The van der Waals surface area contributed by atoms with Crippen LogP contribution in [0.15, 0.2) is 103 Å². The standard InChI is InChI=1S/C34H33F2N7O2.2C2H6.CH3F/c1-5-25(45-19-18-42(3)4)20-22(2)38-34-37-16-15-28(40-34)31-29-14-6-7-17-43(29)41-32(31)23-10-8-11-24(21-23)39-33(44)30-26(35)12-9-13-27(30)36;3*1-2/h5-17,20-21H,18-19H2,1-4H3,(H,39,44)(H,37,38,40);2*1-2H3;1H3/b22-20+,25-5+;;;. The van der Waals surface area contributed by atoms with E-state index in [-0.39, 0.29) is 0 Å². The van der Waals surface area contributed by atoms with Crippen molar-refractivity contribution in [1.82, 2.24) is 24.5 Å². The molecule has 5 rings (SSSR count). The molecule has 1 amide bonds. The predicted molar refractivity (Wildman–Crippen MR) is 201 cm³/mol. The van der Waals surface area contributed by atoms with Crippen molar-refractivity contribution in [2.75, 3.05) is 45.1 Å². The maximum Gasteiger partial charge on any atom is 0.261 e. The van der Waals surface area contributed by atoms with Gasteiger partial charge in [0.2, 0.25) is 5.95 Å². The Kier molecular flexibility index (Phi) is 17.6. The Labute approximate surface area is 298 Å². The number of nitrogens with zero attached hydrogens (tertiary/aromatic N) is 5. The molecule has 51 heavy (non-hydrogen) atoms. The Bertz CT molecular complexity index is 1890. The number of likely N-dealkylation sites (N-methyl/N-ethyl adjacent to an activating group) is 1. The number of aromatic nitrogens is 4. The fourth-order valence-corrected chi connectivity index (χ4v) is 4.64.